The predicted molar refractivity (Wildman–Crippen MR) is 43.0 cm³/mol. The molecule has 1 aromatic rings. The Balaban J connectivity index is 2.53. The number of aromatic amines is 1. The van der Waals surface area contributed by atoms with Crippen LogP contribution in [-0.2, 0) is 0 Å². The summed E-state index contributed by atoms with van der Waals surface area (Å²) in [4.78, 5) is 0. The van der Waals surface area contributed by atoms with E-state index in [4.69, 9.17) is 0 Å². The summed E-state index contributed by atoms with van der Waals surface area (Å²) in [5, 5.41) is 10.7. The van der Waals surface area contributed by atoms with Crippen molar-refractivity contribution in [2.75, 3.05) is 0 Å². The topological polar surface area (TPSA) is 41.6 Å². The Morgan fingerprint density at radius 1 is 1.36 bits per heavy atom. The molecule has 2 rings (SSSR count). The number of hydrogen-bond acceptors (Lipinski definition) is 2. The van der Waals surface area contributed by atoms with Crippen molar-refractivity contribution >= 4 is 6.08 Å². The summed E-state index contributed by atoms with van der Waals surface area (Å²) in [5.41, 5.74) is 1.97. The van der Waals surface area contributed by atoms with E-state index in [2.05, 4.69) is 28.4 Å². The lowest BCUT2D eigenvalue weighted by atomic mass is 10.1. The molecule has 0 aliphatic heterocycles. The Bertz CT molecular complexity index is 309. The first-order valence-electron chi connectivity index (χ1n) is 3.63. The molecule has 56 valence electrons. The minimum absolute atomic E-state index is 0.360. The van der Waals surface area contributed by atoms with Gasteiger partial charge in [-0.25, -0.2) is 0 Å². The number of aromatic nitrogens is 3. The van der Waals surface area contributed by atoms with Gasteiger partial charge in [-0.05, 0) is 6.08 Å². The van der Waals surface area contributed by atoms with Crippen LogP contribution in [0, 0.1) is 0 Å². The fourth-order valence-corrected chi connectivity index (χ4v) is 1.17. The summed E-state index contributed by atoms with van der Waals surface area (Å²) in [7, 11) is 0. The Hall–Kier alpha value is -1.38. The van der Waals surface area contributed by atoms with Gasteiger partial charge < -0.3 is 0 Å². The number of allylic oxidation sites excluding steroid dienone is 3. The lowest BCUT2D eigenvalue weighted by Crippen LogP contribution is -1.90. The third-order valence-electron chi connectivity index (χ3n) is 1.80. The molecule has 0 fully saturated rings. The molecule has 3 heteroatoms. The zero-order chi connectivity index (χ0) is 7.68. The lowest BCUT2D eigenvalue weighted by molar-refractivity contribution is 0.862. The first kappa shape index (κ1) is 6.34. The number of nitrogens with zero attached hydrogens (tertiary/aromatic N) is 2. The van der Waals surface area contributed by atoms with Gasteiger partial charge in [-0.1, -0.05) is 25.2 Å². The van der Waals surface area contributed by atoms with Crippen molar-refractivity contribution < 1.29 is 0 Å². The largest absolute Gasteiger partial charge is 0.197 e. The van der Waals surface area contributed by atoms with Crippen molar-refractivity contribution in [3.63, 3.8) is 0 Å². The van der Waals surface area contributed by atoms with Gasteiger partial charge in [0.1, 0.15) is 5.69 Å². The maximum Gasteiger partial charge on any atom is 0.109 e. The van der Waals surface area contributed by atoms with E-state index in [1.54, 1.807) is 0 Å². The van der Waals surface area contributed by atoms with E-state index in [1.165, 1.54) is 0 Å². The molecule has 11 heavy (non-hydrogen) atoms. The molecule has 3 nitrogen and oxygen atoms in total. The fraction of sp³-hybridized carbons (Fsp3) is 0.250. The van der Waals surface area contributed by atoms with E-state index in [9.17, 15) is 0 Å². The molecule has 0 radical (unpaired) electrons. The fourth-order valence-electron chi connectivity index (χ4n) is 1.17. The molecule has 1 heterocycles. The highest BCUT2D eigenvalue weighted by atomic mass is 15.3. The number of nitrogens with one attached hydrogen (secondary N) is 1. The van der Waals surface area contributed by atoms with E-state index >= 15 is 0 Å². The highest BCUT2D eigenvalue weighted by Gasteiger charge is 2.11. The molecule has 1 aromatic heterocycles. The van der Waals surface area contributed by atoms with Gasteiger partial charge in [0.2, 0.25) is 0 Å². The van der Waals surface area contributed by atoms with Crippen LogP contribution in [0.4, 0.5) is 0 Å². The van der Waals surface area contributed by atoms with Gasteiger partial charge >= 0.3 is 0 Å². The standard InChI is InChI=1S/C8H9N3/c1-6-4-2-3-5-7-8(6)10-11-9-7/h2-6H,1H3,(H,9,10,11). The zero-order valence-electron chi connectivity index (χ0n) is 6.28. The SMILES string of the molecule is CC1C=CC=Cc2n[nH]nc21. The molecule has 1 aliphatic carbocycles. The van der Waals surface area contributed by atoms with Crippen LogP contribution in [0.5, 0.6) is 0 Å². The van der Waals surface area contributed by atoms with Crippen molar-refractivity contribution in [2.24, 2.45) is 0 Å². The number of H-pyrrole nitrogens is 1. The zero-order valence-corrected chi connectivity index (χ0v) is 6.28. The van der Waals surface area contributed by atoms with Crippen LogP contribution in [0.15, 0.2) is 18.2 Å². The molecule has 1 atom stereocenters. The maximum absolute atomic E-state index is 4.06. The highest BCUT2D eigenvalue weighted by molar-refractivity contribution is 5.52. The number of rotatable bonds is 0. The molecule has 0 spiro atoms. The molecule has 0 saturated carbocycles. The van der Waals surface area contributed by atoms with Crippen molar-refractivity contribution in [1.29, 1.82) is 0 Å². The van der Waals surface area contributed by atoms with Crippen molar-refractivity contribution in [3.05, 3.63) is 29.6 Å². The molecule has 0 saturated heterocycles. The molecule has 0 amide bonds. The van der Waals surface area contributed by atoms with Crippen LogP contribution < -0.4 is 0 Å². The molecular weight excluding hydrogens is 138 g/mol. The second-order valence-electron chi connectivity index (χ2n) is 2.63. The van der Waals surface area contributed by atoms with Crippen LogP contribution in [0.3, 0.4) is 0 Å². The average molecular weight is 147 g/mol. The van der Waals surface area contributed by atoms with Crippen LogP contribution in [0.1, 0.15) is 24.2 Å². The molecule has 1 N–H and O–H groups in total. The Morgan fingerprint density at radius 2 is 2.27 bits per heavy atom. The summed E-state index contributed by atoms with van der Waals surface area (Å²) in [5.74, 6) is 0.360. The summed E-state index contributed by atoms with van der Waals surface area (Å²) in [6, 6.07) is 0. The molecular formula is C8H9N3. The van der Waals surface area contributed by atoms with Crippen LogP contribution >= 0.6 is 0 Å². The van der Waals surface area contributed by atoms with Gasteiger partial charge in [-0.2, -0.15) is 15.4 Å². The predicted octanol–water partition coefficient (Wildman–Crippen LogP) is 1.49. The third-order valence-corrected chi connectivity index (χ3v) is 1.80. The van der Waals surface area contributed by atoms with Gasteiger partial charge in [0.05, 0.1) is 5.69 Å². The molecule has 1 unspecified atom stereocenters. The Kier molecular flexibility index (Phi) is 1.35. The van der Waals surface area contributed by atoms with E-state index in [0.29, 0.717) is 5.92 Å². The third kappa shape index (κ3) is 0.981. The van der Waals surface area contributed by atoms with Gasteiger partial charge in [-0.3, -0.25) is 0 Å². The van der Waals surface area contributed by atoms with Gasteiger partial charge in [0.25, 0.3) is 0 Å². The van der Waals surface area contributed by atoms with Crippen LogP contribution in [-0.4, -0.2) is 15.4 Å². The van der Waals surface area contributed by atoms with E-state index in [-0.39, 0.29) is 0 Å². The normalized spacial score (nSPS) is 21.4. The van der Waals surface area contributed by atoms with Crippen LogP contribution in [0.25, 0.3) is 6.08 Å². The monoisotopic (exact) mass is 147 g/mol. The van der Waals surface area contributed by atoms with Crippen LogP contribution in [0.2, 0.25) is 0 Å². The summed E-state index contributed by atoms with van der Waals surface area (Å²) >= 11 is 0. The van der Waals surface area contributed by atoms with Crippen molar-refractivity contribution in [3.8, 4) is 0 Å². The quantitative estimate of drug-likeness (QED) is 0.604. The van der Waals surface area contributed by atoms with E-state index in [1.807, 2.05) is 18.2 Å². The molecule has 1 aliphatic rings. The molecule has 0 aromatic carbocycles. The highest BCUT2D eigenvalue weighted by Crippen LogP contribution is 2.20. The summed E-state index contributed by atoms with van der Waals surface area (Å²) in [6.45, 7) is 2.10. The van der Waals surface area contributed by atoms with Crippen molar-refractivity contribution in [2.45, 2.75) is 12.8 Å². The Labute approximate surface area is 64.8 Å². The first-order chi connectivity index (χ1) is 5.38. The lowest BCUT2D eigenvalue weighted by Gasteiger charge is -1.98. The number of hydrogen-bond donors (Lipinski definition) is 1. The minimum Gasteiger partial charge on any atom is -0.197 e. The second-order valence-corrected chi connectivity index (χ2v) is 2.63. The smallest absolute Gasteiger partial charge is 0.109 e. The second kappa shape index (κ2) is 2.34. The van der Waals surface area contributed by atoms with E-state index < -0.39 is 0 Å². The molecule has 0 bridgehead atoms. The summed E-state index contributed by atoms with van der Waals surface area (Å²) in [6.07, 6.45) is 8.06. The van der Waals surface area contributed by atoms with Gasteiger partial charge in [-0.15, -0.1) is 0 Å². The van der Waals surface area contributed by atoms with E-state index in [0.717, 1.165) is 11.4 Å². The Morgan fingerprint density at radius 3 is 3.18 bits per heavy atom. The average Bonchev–Trinajstić information content (AvgIpc) is 2.40. The minimum atomic E-state index is 0.360. The van der Waals surface area contributed by atoms with Gasteiger partial charge in [0.15, 0.2) is 0 Å². The van der Waals surface area contributed by atoms with Gasteiger partial charge in [0, 0.05) is 5.92 Å². The first-order valence-corrected chi connectivity index (χ1v) is 3.63. The number of fused-ring (bicyclic) bond motifs is 1. The van der Waals surface area contributed by atoms with Crippen molar-refractivity contribution in [1.82, 2.24) is 15.4 Å². The summed E-state index contributed by atoms with van der Waals surface area (Å²) < 4.78 is 0. The maximum atomic E-state index is 4.06.